The van der Waals surface area contributed by atoms with Crippen molar-refractivity contribution in [3.63, 3.8) is 0 Å². The Morgan fingerprint density at radius 1 is 0.911 bits per heavy atom. The number of hydrogen-bond donors (Lipinski definition) is 0. The van der Waals surface area contributed by atoms with Crippen LogP contribution in [-0.4, -0.2) is 112 Å². The second-order valence-electron chi connectivity index (χ2n) is 14.9. The van der Waals surface area contributed by atoms with Crippen molar-refractivity contribution in [2.45, 2.75) is 150 Å². The smallest absolute Gasteiger partial charge is 0.172 e. The molecule has 9 fully saturated rings. The number of rotatable bonds is 10. The van der Waals surface area contributed by atoms with Crippen molar-refractivity contribution < 1.29 is 47.4 Å². The Morgan fingerprint density at radius 2 is 1.73 bits per heavy atom. The maximum atomic E-state index is 13.6. The minimum Gasteiger partial charge on any atom is -0.379 e. The van der Waals surface area contributed by atoms with Gasteiger partial charge in [-0.3, -0.25) is 4.79 Å². The van der Waals surface area contributed by atoms with Gasteiger partial charge in [0.2, 0.25) is 0 Å². The van der Waals surface area contributed by atoms with Crippen molar-refractivity contribution in [3.05, 3.63) is 24.3 Å². The Bertz CT molecular complexity index is 1160. The number of ether oxygens (including phenoxy) is 9. The topological polar surface area (TPSA) is 100 Å². The first kappa shape index (κ1) is 31.1. The van der Waals surface area contributed by atoms with Crippen molar-refractivity contribution in [3.8, 4) is 0 Å². The lowest BCUT2D eigenvalue weighted by molar-refractivity contribution is -0.292. The lowest BCUT2D eigenvalue weighted by atomic mass is 9.83. The van der Waals surface area contributed by atoms with Crippen LogP contribution in [-0.2, 0) is 47.4 Å². The molecule has 9 saturated heterocycles. The molecular weight excluding hydrogens is 580 g/mol. The Morgan fingerprint density at radius 3 is 2.56 bits per heavy atom. The molecule has 0 N–H and O–H groups in total. The number of hydrogen-bond acceptors (Lipinski definition) is 10. The summed E-state index contributed by atoms with van der Waals surface area (Å²) in [6, 6.07) is 0. The van der Waals surface area contributed by atoms with E-state index in [0.717, 1.165) is 56.3 Å². The van der Waals surface area contributed by atoms with E-state index in [-0.39, 0.29) is 84.9 Å². The highest BCUT2D eigenvalue weighted by atomic mass is 16.8. The molecule has 15 atom stereocenters. The zero-order chi connectivity index (χ0) is 30.9. The molecule has 9 rings (SSSR count). The van der Waals surface area contributed by atoms with Crippen molar-refractivity contribution >= 4 is 5.78 Å². The molecule has 45 heavy (non-hydrogen) atoms. The second kappa shape index (κ2) is 12.3. The van der Waals surface area contributed by atoms with Crippen LogP contribution in [0.5, 0.6) is 0 Å². The highest BCUT2D eigenvalue weighted by Crippen LogP contribution is 2.54. The fourth-order valence-electron chi connectivity index (χ4n) is 9.35. The Labute approximate surface area is 266 Å². The molecule has 250 valence electrons. The van der Waals surface area contributed by atoms with Crippen LogP contribution in [0.15, 0.2) is 24.3 Å². The lowest BCUT2D eigenvalue weighted by Gasteiger charge is -2.47. The van der Waals surface area contributed by atoms with Gasteiger partial charge in [-0.15, -0.1) is 0 Å². The van der Waals surface area contributed by atoms with Crippen LogP contribution in [0.3, 0.4) is 0 Å². The average molecular weight is 631 g/mol. The van der Waals surface area contributed by atoms with E-state index in [9.17, 15) is 4.79 Å². The fourth-order valence-corrected chi connectivity index (χ4v) is 9.35. The molecule has 9 aliphatic heterocycles. The first-order valence-electron chi connectivity index (χ1n) is 17.4. The fraction of sp³-hybridized carbons (Fsp3) is 0.857. The van der Waals surface area contributed by atoms with Crippen molar-refractivity contribution in [2.24, 2.45) is 11.8 Å². The second-order valence-corrected chi connectivity index (χ2v) is 14.9. The molecule has 10 heteroatoms. The normalized spacial score (nSPS) is 50.3. The third kappa shape index (κ3) is 5.80. The van der Waals surface area contributed by atoms with Crippen LogP contribution in [0, 0.1) is 11.8 Å². The largest absolute Gasteiger partial charge is 0.379 e. The quantitative estimate of drug-likeness (QED) is 0.331. The number of carbonyl (C=O) groups excluding carboxylic acids is 1. The molecule has 10 nitrogen and oxygen atoms in total. The van der Waals surface area contributed by atoms with Crippen molar-refractivity contribution in [1.29, 1.82) is 0 Å². The molecule has 0 aromatic carbocycles. The molecule has 9 aliphatic rings. The first-order chi connectivity index (χ1) is 21.8. The summed E-state index contributed by atoms with van der Waals surface area (Å²) >= 11 is 0. The van der Waals surface area contributed by atoms with Gasteiger partial charge in [-0.25, -0.2) is 0 Å². The number of ketones is 1. The molecule has 0 radical (unpaired) electrons. The third-order valence-electron chi connectivity index (χ3n) is 11.9. The lowest BCUT2D eigenvalue weighted by Crippen LogP contribution is -2.61. The van der Waals surface area contributed by atoms with E-state index in [2.05, 4.69) is 20.1 Å². The predicted molar refractivity (Wildman–Crippen MR) is 161 cm³/mol. The summed E-state index contributed by atoms with van der Waals surface area (Å²) in [5.41, 5.74) is 2.27. The highest BCUT2D eigenvalue weighted by Gasteiger charge is 2.68. The summed E-state index contributed by atoms with van der Waals surface area (Å²) in [5.74, 6) is -0.141. The zero-order valence-corrected chi connectivity index (χ0v) is 26.8. The van der Waals surface area contributed by atoms with E-state index >= 15 is 0 Å². The Balaban J connectivity index is 0.906. The number of carbonyl (C=O) groups is 1. The summed E-state index contributed by atoms with van der Waals surface area (Å²) in [7, 11) is 1.70. The number of methoxy groups -OCH3 is 1. The summed E-state index contributed by atoms with van der Waals surface area (Å²) in [5, 5.41) is 0. The van der Waals surface area contributed by atoms with E-state index in [1.807, 2.05) is 0 Å². The number of fused-ring (bicyclic) bond motifs is 1. The molecule has 0 aromatic heterocycles. The predicted octanol–water partition coefficient (Wildman–Crippen LogP) is 3.83. The molecule has 0 amide bonds. The highest BCUT2D eigenvalue weighted by molar-refractivity contribution is 5.79. The summed E-state index contributed by atoms with van der Waals surface area (Å²) < 4.78 is 57.3. The molecule has 0 saturated carbocycles. The van der Waals surface area contributed by atoms with E-state index in [0.29, 0.717) is 44.8 Å². The zero-order valence-electron chi connectivity index (χ0n) is 26.8. The number of Topliss-reactive ketones (excluding diaryl/α,β-unsaturated/α-hetero) is 1. The summed E-state index contributed by atoms with van der Waals surface area (Å²) in [4.78, 5) is 13.6. The molecule has 4 unspecified atom stereocenters. The van der Waals surface area contributed by atoms with Gasteiger partial charge in [-0.1, -0.05) is 20.1 Å². The SMILES string of the molecule is C=C1CO[C@@H](CC[C@@]23C[C@H]4O[C@@H]5C(O[C@H]6CC[C@H](CC(=O)C[C@H]7C(C[C@H]8OCC[C@@H](C)C8=C)OC[C@@H]7OC)OC6[C@@H]5O2)C4O3)C1. The molecular formula is C35H50O10. The van der Waals surface area contributed by atoms with Crippen molar-refractivity contribution in [2.75, 3.05) is 26.9 Å². The molecule has 6 bridgehead atoms. The van der Waals surface area contributed by atoms with Gasteiger partial charge in [-0.05, 0) is 49.2 Å². The van der Waals surface area contributed by atoms with Crippen molar-refractivity contribution in [1.82, 2.24) is 0 Å². The molecule has 0 aromatic rings. The van der Waals surface area contributed by atoms with Crippen LogP contribution < -0.4 is 0 Å². The minimum atomic E-state index is -0.723. The van der Waals surface area contributed by atoms with Gasteiger partial charge >= 0.3 is 0 Å². The van der Waals surface area contributed by atoms with Gasteiger partial charge in [0, 0.05) is 51.7 Å². The van der Waals surface area contributed by atoms with Gasteiger partial charge in [-0.2, -0.15) is 0 Å². The monoisotopic (exact) mass is 630 g/mol. The van der Waals surface area contributed by atoms with Gasteiger partial charge in [0.15, 0.2) is 5.79 Å². The van der Waals surface area contributed by atoms with Crippen LogP contribution in [0.25, 0.3) is 0 Å². The van der Waals surface area contributed by atoms with E-state index in [1.54, 1.807) is 7.11 Å². The van der Waals surface area contributed by atoms with Crippen LogP contribution in [0.4, 0.5) is 0 Å². The van der Waals surface area contributed by atoms with E-state index < -0.39 is 5.79 Å². The summed E-state index contributed by atoms with van der Waals surface area (Å²) in [6.45, 7) is 12.4. The standard InChI is InChI=1S/C35H50O10/c1-18-11-22(39-16-18)7-9-35-15-28-31(44-35)32-33(43-28)34(45-35)30-25(42-32)6-5-23(41-30)12-21(36)13-24-27(40-17-29(24)37-4)14-26-20(3)19(2)8-10-38-26/h19,22-34H,1,3,5-17H2,2,4H3/t19-,22+,23-,24+,25+,26-,27?,28-,29+,30?,31?,32?,33-,34+,35+/m1/s1. The van der Waals surface area contributed by atoms with Gasteiger partial charge in [0.1, 0.15) is 36.3 Å². The van der Waals surface area contributed by atoms with E-state index in [4.69, 9.17) is 42.6 Å². The average Bonchev–Trinajstić information content (AvgIpc) is 3.74. The Hall–Kier alpha value is -1.21. The maximum Gasteiger partial charge on any atom is 0.172 e. The van der Waals surface area contributed by atoms with Crippen LogP contribution in [0.1, 0.15) is 71.1 Å². The summed E-state index contributed by atoms with van der Waals surface area (Å²) in [6.07, 6.45) is 5.71. The van der Waals surface area contributed by atoms with Crippen LogP contribution in [0.2, 0.25) is 0 Å². The first-order valence-corrected chi connectivity index (χ1v) is 17.4. The Kier molecular flexibility index (Phi) is 8.53. The van der Waals surface area contributed by atoms with Gasteiger partial charge in [0.25, 0.3) is 0 Å². The van der Waals surface area contributed by atoms with Gasteiger partial charge < -0.3 is 42.6 Å². The minimum absolute atomic E-state index is 0.0231. The third-order valence-corrected chi connectivity index (χ3v) is 11.9. The molecule has 0 spiro atoms. The van der Waals surface area contributed by atoms with Crippen LogP contribution >= 0.6 is 0 Å². The molecule has 9 heterocycles. The maximum absolute atomic E-state index is 13.6. The van der Waals surface area contributed by atoms with E-state index in [1.165, 1.54) is 0 Å². The van der Waals surface area contributed by atoms with Gasteiger partial charge in [0.05, 0.1) is 55.9 Å². The molecule has 0 aliphatic carbocycles.